The van der Waals surface area contributed by atoms with Crippen molar-refractivity contribution < 1.29 is 19.3 Å². The Morgan fingerprint density at radius 2 is 1.39 bits per heavy atom. The zero-order chi connectivity index (χ0) is 21.4. The maximum absolute atomic E-state index is 11.0. The van der Waals surface area contributed by atoms with Gasteiger partial charge in [0.1, 0.15) is 6.23 Å². The monoisotopic (exact) mass is 457 g/mol. The summed E-state index contributed by atoms with van der Waals surface area (Å²) < 4.78 is 18.3. The van der Waals surface area contributed by atoms with Gasteiger partial charge in [0.05, 0.1) is 23.3 Å². The lowest BCUT2D eigenvalue weighted by molar-refractivity contribution is -0.0606. The molecule has 2 aliphatic heterocycles. The van der Waals surface area contributed by atoms with Crippen molar-refractivity contribution >= 4 is 23.2 Å². The zero-order valence-electron chi connectivity index (χ0n) is 16.6. The highest BCUT2D eigenvalue weighted by Gasteiger charge is 2.48. The number of fused-ring (bicyclic) bond motifs is 1. The normalized spacial score (nSPS) is 18.7. The summed E-state index contributed by atoms with van der Waals surface area (Å²) in [5.74, 6) is -0.554. The molecule has 0 radical (unpaired) electrons. The Kier molecular flexibility index (Phi) is 5.54. The molecule has 2 aliphatic rings. The number of morpholine rings is 1. The summed E-state index contributed by atoms with van der Waals surface area (Å²) >= 11 is 13.4. The summed E-state index contributed by atoms with van der Waals surface area (Å²) in [5.41, 5.74) is 2.09. The second-order valence-corrected chi connectivity index (χ2v) is 8.28. The highest BCUT2D eigenvalue weighted by molar-refractivity contribution is 6.36. The molecule has 1 N–H and O–H groups in total. The lowest BCUT2D eigenvalue weighted by Crippen LogP contribution is -2.39. The van der Waals surface area contributed by atoms with Crippen LogP contribution in [0.1, 0.15) is 22.9 Å². The van der Waals surface area contributed by atoms with Crippen molar-refractivity contribution in [3.8, 4) is 11.5 Å². The molecule has 0 spiro atoms. The van der Waals surface area contributed by atoms with Gasteiger partial charge in [0, 0.05) is 29.8 Å². The summed E-state index contributed by atoms with van der Waals surface area (Å²) in [6.45, 7) is 2.30. The SMILES string of the molecule is OC(c1cc(Cl)c2c(c1Cl)OC(c1ccccc1)(c1ccccc1)O2)N1CCOCC1. The minimum absolute atomic E-state index is 0.284. The average Bonchev–Trinajstić information content (AvgIpc) is 3.26. The van der Waals surface area contributed by atoms with E-state index in [2.05, 4.69) is 0 Å². The van der Waals surface area contributed by atoms with Gasteiger partial charge in [-0.3, -0.25) is 4.90 Å². The van der Waals surface area contributed by atoms with Crippen molar-refractivity contribution in [3.05, 3.63) is 93.5 Å². The fourth-order valence-corrected chi connectivity index (χ4v) is 4.54. The summed E-state index contributed by atoms with van der Waals surface area (Å²) in [7, 11) is 0. The van der Waals surface area contributed by atoms with Gasteiger partial charge in [-0.2, -0.15) is 0 Å². The Balaban J connectivity index is 1.60. The predicted octanol–water partition coefficient (Wildman–Crippen LogP) is 4.99. The molecule has 5 rings (SSSR count). The third kappa shape index (κ3) is 3.56. The molecule has 7 heteroatoms. The van der Waals surface area contributed by atoms with E-state index in [0.717, 1.165) is 11.1 Å². The van der Waals surface area contributed by atoms with E-state index in [9.17, 15) is 5.11 Å². The predicted molar refractivity (Wildman–Crippen MR) is 119 cm³/mol. The van der Waals surface area contributed by atoms with Crippen molar-refractivity contribution in [1.82, 2.24) is 4.90 Å². The van der Waals surface area contributed by atoms with Gasteiger partial charge in [0.2, 0.25) is 0 Å². The van der Waals surface area contributed by atoms with Crippen LogP contribution in [-0.4, -0.2) is 36.3 Å². The molecule has 0 saturated carbocycles. The van der Waals surface area contributed by atoms with Gasteiger partial charge in [0.15, 0.2) is 11.5 Å². The van der Waals surface area contributed by atoms with E-state index in [1.165, 1.54) is 0 Å². The lowest BCUT2D eigenvalue weighted by Gasteiger charge is -2.31. The maximum Gasteiger partial charge on any atom is 0.305 e. The van der Waals surface area contributed by atoms with Gasteiger partial charge in [-0.15, -0.1) is 0 Å². The third-order valence-electron chi connectivity index (χ3n) is 5.63. The standard InChI is InChI=1S/C24H21Cl2NO4/c25-19-15-18(23(28)27-11-13-29-14-12-27)20(26)22-21(19)30-24(31-22,16-7-3-1-4-8-16)17-9-5-2-6-10-17/h1-10,15,23,28H,11-14H2. The summed E-state index contributed by atoms with van der Waals surface area (Å²) in [4.78, 5) is 1.89. The van der Waals surface area contributed by atoms with Crippen molar-refractivity contribution in [2.45, 2.75) is 12.0 Å². The first-order chi connectivity index (χ1) is 15.1. The highest BCUT2D eigenvalue weighted by atomic mass is 35.5. The van der Waals surface area contributed by atoms with Crippen LogP contribution in [0.3, 0.4) is 0 Å². The van der Waals surface area contributed by atoms with Crippen molar-refractivity contribution in [3.63, 3.8) is 0 Å². The van der Waals surface area contributed by atoms with E-state index in [1.54, 1.807) is 6.07 Å². The first kappa shape index (κ1) is 20.6. The Hall–Kier alpha value is -2.28. The number of aliphatic hydroxyl groups excluding tert-OH is 1. The molecule has 0 aromatic heterocycles. The minimum Gasteiger partial charge on any atom is -0.439 e. The van der Waals surface area contributed by atoms with Crippen LogP contribution in [0.2, 0.25) is 10.0 Å². The van der Waals surface area contributed by atoms with Crippen LogP contribution in [0.4, 0.5) is 0 Å². The van der Waals surface area contributed by atoms with E-state index < -0.39 is 12.0 Å². The topological polar surface area (TPSA) is 51.2 Å². The minimum atomic E-state index is -1.24. The van der Waals surface area contributed by atoms with E-state index in [0.29, 0.717) is 48.4 Å². The lowest BCUT2D eigenvalue weighted by atomic mass is 9.97. The van der Waals surface area contributed by atoms with Crippen molar-refractivity contribution in [2.24, 2.45) is 0 Å². The Bertz CT molecular complexity index is 1030. The van der Waals surface area contributed by atoms with E-state index in [1.807, 2.05) is 65.6 Å². The first-order valence-electron chi connectivity index (χ1n) is 10.1. The molecule has 1 atom stereocenters. The van der Waals surface area contributed by atoms with Crippen LogP contribution in [0.5, 0.6) is 11.5 Å². The second-order valence-electron chi connectivity index (χ2n) is 7.49. The number of aliphatic hydroxyl groups is 1. The highest BCUT2D eigenvalue weighted by Crippen LogP contribution is 2.55. The fraction of sp³-hybridized carbons (Fsp3) is 0.250. The van der Waals surface area contributed by atoms with Gasteiger partial charge >= 0.3 is 5.79 Å². The van der Waals surface area contributed by atoms with Crippen LogP contribution in [0, 0.1) is 0 Å². The van der Waals surface area contributed by atoms with Crippen molar-refractivity contribution in [2.75, 3.05) is 26.3 Å². The van der Waals surface area contributed by atoms with Crippen LogP contribution >= 0.6 is 23.2 Å². The largest absolute Gasteiger partial charge is 0.439 e. The molecule has 0 amide bonds. The Morgan fingerprint density at radius 3 is 1.97 bits per heavy atom. The molecule has 31 heavy (non-hydrogen) atoms. The zero-order valence-corrected chi connectivity index (χ0v) is 18.1. The van der Waals surface area contributed by atoms with E-state index in [-0.39, 0.29) is 5.02 Å². The van der Waals surface area contributed by atoms with Crippen LogP contribution in [0.25, 0.3) is 0 Å². The number of hydrogen-bond donors (Lipinski definition) is 1. The number of hydrogen-bond acceptors (Lipinski definition) is 5. The van der Waals surface area contributed by atoms with Crippen LogP contribution in [0.15, 0.2) is 66.7 Å². The van der Waals surface area contributed by atoms with Crippen LogP contribution in [-0.2, 0) is 10.5 Å². The third-order valence-corrected chi connectivity index (χ3v) is 6.30. The molecule has 5 nitrogen and oxygen atoms in total. The Morgan fingerprint density at radius 1 is 0.839 bits per heavy atom. The number of halogens is 2. The molecule has 3 aromatic rings. The number of nitrogens with zero attached hydrogens (tertiary/aromatic N) is 1. The maximum atomic E-state index is 11.0. The van der Waals surface area contributed by atoms with E-state index >= 15 is 0 Å². The summed E-state index contributed by atoms with van der Waals surface area (Å²) in [5, 5.41) is 11.6. The van der Waals surface area contributed by atoms with Gasteiger partial charge in [-0.25, -0.2) is 0 Å². The molecule has 2 heterocycles. The molecule has 1 fully saturated rings. The fourth-order valence-electron chi connectivity index (χ4n) is 4.02. The quantitative estimate of drug-likeness (QED) is 0.597. The summed E-state index contributed by atoms with van der Waals surface area (Å²) in [6.07, 6.45) is -0.925. The molecule has 0 bridgehead atoms. The summed E-state index contributed by atoms with van der Waals surface area (Å²) in [6, 6.07) is 20.9. The first-order valence-corrected chi connectivity index (χ1v) is 10.9. The van der Waals surface area contributed by atoms with Gasteiger partial charge in [0.25, 0.3) is 0 Å². The van der Waals surface area contributed by atoms with E-state index in [4.69, 9.17) is 37.4 Å². The number of rotatable bonds is 4. The molecule has 160 valence electrons. The van der Waals surface area contributed by atoms with Crippen molar-refractivity contribution in [1.29, 1.82) is 0 Å². The molecule has 1 saturated heterocycles. The van der Waals surface area contributed by atoms with Gasteiger partial charge in [-0.05, 0) is 6.07 Å². The second kappa shape index (κ2) is 8.34. The molecule has 0 aliphatic carbocycles. The molecular formula is C24H21Cl2NO4. The van der Waals surface area contributed by atoms with Gasteiger partial charge in [-0.1, -0.05) is 83.9 Å². The number of benzene rings is 3. The smallest absolute Gasteiger partial charge is 0.305 e. The molecule has 1 unspecified atom stereocenters. The molecular weight excluding hydrogens is 437 g/mol. The Labute approximate surface area is 190 Å². The molecule has 3 aromatic carbocycles. The van der Waals surface area contributed by atoms with Crippen LogP contribution < -0.4 is 9.47 Å². The number of ether oxygens (including phenoxy) is 3. The van der Waals surface area contributed by atoms with Gasteiger partial charge < -0.3 is 19.3 Å². The average molecular weight is 458 g/mol.